The Morgan fingerprint density at radius 2 is 2.10 bits per heavy atom. The molecule has 1 aromatic rings. The normalized spacial score (nSPS) is 21.5. The molecule has 0 aliphatic carbocycles. The second-order valence-electron chi connectivity index (χ2n) is 4.99. The summed E-state index contributed by atoms with van der Waals surface area (Å²) in [5, 5.41) is 2.86. The van der Waals surface area contributed by atoms with Gasteiger partial charge in [0, 0.05) is 38.3 Å². The molecule has 1 heterocycles. The molecule has 1 N–H and O–H groups in total. The number of para-hydroxylation sites is 1. The number of nitrogens with zero attached hydrogens (tertiary/aromatic N) is 1. The van der Waals surface area contributed by atoms with Gasteiger partial charge in [-0.3, -0.25) is 4.90 Å². The van der Waals surface area contributed by atoms with E-state index in [0.717, 1.165) is 5.56 Å². The molecule has 20 heavy (non-hydrogen) atoms. The highest BCUT2D eigenvalue weighted by Crippen LogP contribution is 2.28. The van der Waals surface area contributed by atoms with Gasteiger partial charge in [-0.1, -0.05) is 18.2 Å². The molecule has 1 saturated heterocycles. The summed E-state index contributed by atoms with van der Waals surface area (Å²) in [6.07, 6.45) is -4.16. The quantitative estimate of drug-likeness (QED) is 0.923. The molecule has 0 radical (unpaired) electrons. The van der Waals surface area contributed by atoms with E-state index in [4.69, 9.17) is 4.74 Å². The van der Waals surface area contributed by atoms with Crippen molar-refractivity contribution in [3.63, 3.8) is 0 Å². The number of rotatable bonds is 3. The summed E-state index contributed by atoms with van der Waals surface area (Å²) < 4.78 is 43.9. The third kappa shape index (κ3) is 3.86. The molecule has 2 rings (SSSR count). The standard InChI is InChI=1S/C14H19F3N2O/c1-20-13-5-3-2-4-11(13)9-19-7-6-18-8-12(10-19)14(15,16)17/h2-5,12,18H,6-10H2,1H3. The van der Waals surface area contributed by atoms with Crippen molar-refractivity contribution in [3.8, 4) is 5.75 Å². The number of hydrogen-bond acceptors (Lipinski definition) is 3. The first-order valence-electron chi connectivity index (χ1n) is 6.62. The summed E-state index contributed by atoms with van der Waals surface area (Å²) in [6.45, 7) is 1.66. The van der Waals surface area contributed by atoms with Crippen LogP contribution in [0, 0.1) is 5.92 Å². The fourth-order valence-electron chi connectivity index (χ4n) is 2.42. The van der Waals surface area contributed by atoms with Crippen molar-refractivity contribution in [1.82, 2.24) is 10.2 Å². The molecule has 0 aromatic heterocycles. The van der Waals surface area contributed by atoms with Gasteiger partial charge in [0.15, 0.2) is 0 Å². The van der Waals surface area contributed by atoms with Gasteiger partial charge in [0.05, 0.1) is 13.0 Å². The average Bonchev–Trinajstić information content (AvgIpc) is 2.64. The highest BCUT2D eigenvalue weighted by Gasteiger charge is 2.41. The van der Waals surface area contributed by atoms with Crippen molar-refractivity contribution in [1.29, 1.82) is 0 Å². The van der Waals surface area contributed by atoms with Crippen molar-refractivity contribution in [2.24, 2.45) is 5.92 Å². The van der Waals surface area contributed by atoms with E-state index in [-0.39, 0.29) is 13.1 Å². The van der Waals surface area contributed by atoms with Gasteiger partial charge >= 0.3 is 6.18 Å². The minimum atomic E-state index is -4.16. The largest absolute Gasteiger partial charge is 0.496 e. The summed E-state index contributed by atoms with van der Waals surface area (Å²) in [7, 11) is 1.57. The van der Waals surface area contributed by atoms with Gasteiger partial charge in [-0.15, -0.1) is 0 Å². The van der Waals surface area contributed by atoms with Crippen molar-refractivity contribution >= 4 is 0 Å². The van der Waals surface area contributed by atoms with Crippen LogP contribution in [0.3, 0.4) is 0 Å². The Morgan fingerprint density at radius 1 is 1.35 bits per heavy atom. The van der Waals surface area contributed by atoms with Crippen LogP contribution in [0.4, 0.5) is 13.2 Å². The van der Waals surface area contributed by atoms with Crippen molar-refractivity contribution in [3.05, 3.63) is 29.8 Å². The first-order valence-corrected chi connectivity index (χ1v) is 6.62. The van der Waals surface area contributed by atoms with Gasteiger partial charge in [0.2, 0.25) is 0 Å². The van der Waals surface area contributed by atoms with Crippen LogP contribution in [0.15, 0.2) is 24.3 Å². The van der Waals surface area contributed by atoms with Crippen molar-refractivity contribution < 1.29 is 17.9 Å². The Kier molecular flexibility index (Phi) is 4.88. The van der Waals surface area contributed by atoms with E-state index in [1.165, 1.54) is 0 Å². The van der Waals surface area contributed by atoms with Crippen LogP contribution in [0.25, 0.3) is 0 Å². The predicted molar refractivity (Wildman–Crippen MR) is 70.7 cm³/mol. The molecule has 1 fully saturated rings. The van der Waals surface area contributed by atoms with Crippen molar-refractivity contribution in [2.45, 2.75) is 12.7 Å². The number of halogens is 3. The molecular weight excluding hydrogens is 269 g/mol. The lowest BCUT2D eigenvalue weighted by atomic mass is 10.1. The zero-order valence-electron chi connectivity index (χ0n) is 11.4. The summed E-state index contributed by atoms with van der Waals surface area (Å²) in [5.74, 6) is -0.604. The Balaban J connectivity index is 2.07. The summed E-state index contributed by atoms with van der Waals surface area (Å²) in [6, 6.07) is 7.44. The lowest BCUT2D eigenvalue weighted by Crippen LogP contribution is -2.37. The molecule has 0 amide bonds. The van der Waals surface area contributed by atoms with Crippen LogP contribution in [-0.4, -0.2) is 44.4 Å². The SMILES string of the molecule is COc1ccccc1CN1CCNCC(C(F)(F)F)C1. The van der Waals surface area contributed by atoms with Gasteiger partial charge in [0.25, 0.3) is 0 Å². The van der Waals surface area contributed by atoms with Crippen LogP contribution in [0.1, 0.15) is 5.56 Å². The van der Waals surface area contributed by atoms with Gasteiger partial charge in [-0.25, -0.2) is 0 Å². The molecule has 1 aliphatic heterocycles. The molecule has 3 nitrogen and oxygen atoms in total. The highest BCUT2D eigenvalue weighted by molar-refractivity contribution is 5.33. The van der Waals surface area contributed by atoms with E-state index >= 15 is 0 Å². The third-order valence-electron chi connectivity index (χ3n) is 3.52. The van der Waals surface area contributed by atoms with E-state index in [2.05, 4.69) is 5.32 Å². The fraction of sp³-hybridized carbons (Fsp3) is 0.571. The Labute approximate surface area is 116 Å². The first kappa shape index (κ1) is 15.1. The zero-order chi connectivity index (χ0) is 14.6. The zero-order valence-corrected chi connectivity index (χ0v) is 11.4. The summed E-state index contributed by atoms with van der Waals surface area (Å²) >= 11 is 0. The second-order valence-corrected chi connectivity index (χ2v) is 4.99. The molecule has 0 saturated carbocycles. The number of benzene rings is 1. The third-order valence-corrected chi connectivity index (χ3v) is 3.52. The maximum absolute atomic E-state index is 12.9. The number of alkyl halides is 3. The first-order chi connectivity index (χ1) is 9.50. The van der Waals surface area contributed by atoms with Crippen LogP contribution in [-0.2, 0) is 6.54 Å². The predicted octanol–water partition coefficient (Wildman–Crippen LogP) is 2.28. The van der Waals surface area contributed by atoms with Crippen LogP contribution < -0.4 is 10.1 Å². The minimum Gasteiger partial charge on any atom is -0.496 e. The molecule has 1 aromatic carbocycles. The van der Waals surface area contributed by atoms with E-state index in [9.17, 15) is 13.2 Å². The Morgan fingerprint density at radius 3 is 2.80 bits per heavy atom. The fourth-order valence-corrected chi connectivity index (χ4v) is 2.42. The molecule has 6 heteroatoms. The molecular formula is C14H19F3N2O. The number of nitrogens with one attached hydrogen (secondary N) is 1. The van der Waals surface area contributed by atoms with Crippen molar-refractivity contribution in [2.75, 3.05) is 33.3 Å². The minimum absolute atomic E-state index is 0.00801. The van der Waals surface area contributed by atoms with Crippen LogP contribution in [0.5, 0.6) is 5.75 Å². The van der Waals surface area contributed by atoms with Crippen LogP contribution >= 0.6 is 0 Å². The van der Waals surface area contributed by atoms with Gasteiger partial charge < -0.3 is 10.1 Å². The topological polar surface area (TPSA) is 24.5 Å². The molecule has 1 unspecified atom stereocenters. The molecule has 112 valence electrons. The van der Waals surface area contributed by atoms with Crippen LogP contribution in [0.2, 0.25) is 0 Å². The lowest BCUT2D eigenvalue weighted by molar-refractivity contribution is -0.176. The molecule has 0 spiro atoms. The Bertz CT molecular complexity index is 437. The number of hydrogen-bond donors (Lipinski definition) is 1. The van der Waals surface area contributed by atoms with E-state index in [1.807, 2.05) is 29.2 Å². The second kappa shape index (κ2) is 6.45. The Hall–Kier alpha value is -1.27. The lowest BCUT2D eigenvalue weighted by Gasteiger charge is -2.25. The number of ether oxygens (including phenoxy) is 1. The van der Waals surface area contributed by atoms with E-state index in [0.29, 0.717) is 25.4 Å². The smallest absolute Gasteiger partial charge is 0.394 e. The summed E-state index contributed by atoms with van der Waals surface area (Å²) in [4.78, 5) is 1.83. The maximum Gasteiger partial charge on any atom is 0.394 e. The monoisotopic (exact) mass is 288 g/mol. The molecule has 1 atom stereocenters. The molecule has 0 bridgehead atoms. The summed E-state index contributed by atoms with van der Waals surface area (Å²) in [5.41, 5.74) is 0.915. The van der Waals surface area contributed by atoms with E-state index in [1.54, 1.807) is 7.11 Å². The van der Waals surface area contributed by atoms with Gasteiger partial charge in [0.1, 0.15) is 5.75 Å². The highest BCUT2D eigenvalue weighted by atomic mass is 19.4. The van der Waals surface area contributed by atoms with Gasteiger partial charge in [-0.05, 0) is 6.07 Å². The molecule has 1 aliphatic rings. The number of methoxy groups -OCH3 is 1. The maximum atomic E-state index is 12.9. The van der Waals surface area contributed by atoms with Gasteiger partial charge in [-0.2, -0.15) is 13.2 Å². The van der Waals surface area contributed by atoms with E-state index < -0.39 is 12.1 Å². The average molecular weight is 288 g/mol.